The summed E-state index contributed by atoms with van der Waals surface area (Å²) in [5, 5.41) is 2.99. The highest BCUT2D eigenvalue weighted by atomic mass is 16.5. The lowest BCUT2D eigenvalue weighted by Gasteiger charge is -2.10. The van der Waals surface area contributed by atoms with Crippen molar-refractivity contribution in [3.05, 3.63) is 66.4 Å². The van der Waals surface area contributed by atoms with Crippen LogP contribution in [0.2, 0.25) is 0 Å². The fourth-order valence-corrected chi connectivity index (χ4v) is 2.81. The lowest BCUT2D eigenvalue weighted by molar-refractivity contribution is -0.117. The van der Waals surface area contributed by atoms with Crippen molar-refractivity contribution in [3.63, 3.8) is 0 Å². The topological polar surface area (TPSA) is 77.3 Å². The Morgan fingerprint density at radius 2 is 2.08 bits per heavy atom. The molecule has 0 saturated heterocycles. The Morgan fingerprint density at radius 1 is 1.24 bits per heavy atom. The average Bonchev–Trinajstić information content (AvgIpc) is 3.24. The van der Waals surface area contributed by atoms with Gasteiger partial charge in [-0.1, -0.05) is 0 Å². The van der Waals surface area contributed by atoms with Gasteiger partial charge in [0.2, 0.25) is 5.91 Å². The zero-order valence-corrected chi connectivity index (χ0v) is 13.7. The molecule has 25 heavy (non-hydrogen) atoms. The molecular weight excluding hydrogens is 318 g/mol. The van der Waals surface area contributed by atoms with Gasteiger partial charge in [0.1, 0.15) is 11.5 Å². The number of hydrogen-bond donors (Lipinski definition) is 1. The largest absolute Gasteiger partial charge is 0.469 e. The van der Waals surface area contributed by atoms with Crippen LogP contribution in [0.5, 0.6) is 11.8 Å². The van der Waals surface area contributed by atoms with E-state index in [2.05, 4.69) is 15.3 Å². The molecule has 1 amide bonds. The van der Waals surface area contributed by atoms with E-state index in [1.54, 1.807) is 30.8 Å². The van der Waals surface area contributed by atoms with E-state index in [0.717, 1.165) is 23.4 Å². The Hall–Kier alpha value is -3.15. The summed E-state index contributed by atoms with van der Waals surface area (Å²) in [5.74, 6) is 1.68. The van der Waals surface area contributed by atoms with E-state index in [1.807, 2.05) is 31.2 Å². The molecule has 6 heteroatoms. The van der Waals surface area contributed by atoms with Crippen LogP contribution in [0.15, 0.2) is 59.5 Å². The number of amides is 1. The molecule has 2 atom stereocenters. The molecule has 4 rings (SSSR count). The smallest absolute Gasteiger partial charge is 0.321 e. The van der Waals surface area contributed by atoms with Crippen molar-refractivity contribution in [1.29, 1.82) is 0 Å². The van der Waals surface area contributed by atoms with Crippen molar-refractivity contribution in [2.24, 2.45) is 5.92 Å². The summed E-state index contributed by atoms with van der Waals surface area (Å²) in [6.07, 6.45) is 5.70. The summed E-state index contributed by atoms with van der Waals surface area (Å²) < 4.78 is 11.0. The quantitative estimate of drug-likeness (QED) is 0.765. The van der Waals surface area contributed by atoms with E-state index in [-0.39, 0.29) is 23.8 Å². The molecule has 0 bridgehead atoms. The molecule has 1 N–H and O–H groups in total. The molecular formula is C19H17N3O3. The predicted molar refractivity (Wildman–Crippen MR) is 91.5 cm³/mol. The maximum atomic E-state index is 12.4. The summed E-state index contributed by atoms with van der Waals surface area (Å²) in [6, 6.07) is 11.3. The average molecular weight is 335 g/mol. The third kappa shape index (κ3) is 3.38. The molecule has 3 aromatic rings. The molecule has 1 saturated carbocycles. The fourth-order valence-electron chi connectivity index (χ4n) is 2.81. The molecule has 1 aliphatic carbocycles. The van der Waals surface area contributed by atoms with Crippen molar-refractivity contribution >= 4 is 11.6 Å². The number of aryl methyl sites for hydroxylation is 1. The monoisotopic (exact) mass is 335 g/mol. The van der Waals surface area contributed by atoms with Crippen LogP contribution in [0.1, 0.15) is 23.7 Å². The van der Waals surface area contributed by atoms with Gasteiger partial charge in [-0.05, 0) is 55.3 Å². The first-order valence-electron chi connectivity index (χ1n) is 8.10. The standard InChI is InChI=1S/C19H17N3O3/c1-12-10-13(25-19-20-7-3-8-21-19)5-6-16(12)22-18(23)15-11-14(15)17-4-2-9-24-17/h2-10,14-15H,11H2,1H3,(H,22,23)/t14-,15-/m1/s1. The third-order valence-corrected chi connectivity index (χ3v) is 4.24. The Balaban J connectivity index is 1.40. The first kappa shape index (κ1) is 15.4. The van der Waals surface area contributed by atoms with Crippen molar-refractivity contribution in [1.82, 2.24) is 9.97 Å². The second-order valence-electron chi connectivity index (χ2n) is 6.06. The second-order valence-corrected chi connectivity index (χ2v) is 6.06. The van der Waals surface area contributed by atoms with Crippen molar-refractivity contribution in [3.8, 4) is 11.8 Å². The van der Waals surface area contributed by atoms with Crippen LogP contribution in [0.3, 0.4) is 0 Å². The minimum atomic E-state index is -0.0285. The molecule has 0 aliphatic heterocycles. The Kier molecular flexibility index (Phi) is 3.93. The Bertz CT molecular complexity index is 878. The number of anilines is 1. The van der Waals surface area contributed by atoms with Gasteiger partial charge in [-0.25, -0.2) is 9.97 Å². The first-order chi connectivity index (χ1) is 12.2. The predicted octanol–water partition coefficient (Wildman–Crippen LogP) is 3.91. The normalized spacial score (nSPS) is 18.6. The zero-order chi connectivity index (χ0) is 17.2. The molecule has 1 aromatic carbocycles. The van der Waals surface area contributed by atoms with Crippen LogP contribution >= 0.6 is 0 Å². The van der Waals surface area contributed by atoms with Crippen molar-refractivity contribution in [2.75, 3.05) is 5.32 Å². The van der Waals surface area contributed by atoms with Crippen molar-refractivity contribution in [2.45, 2.75) is 19.3 Å². The van der Waals surface area contributed by atoms with Gasteiger partial charge in [0.05, 0.1) is 6.26 Å². The number of rotatable bonds is 5. The molecule has 1 aliphatic rings. The maximum Gasteiger partial charge on any atom is 0.321 e. The summed E-state index contributed by atoms with van der Waals surface area (Å²) in [7, 11) is 0. The van der Waals surface area contributed by atoms with Gasteiger partial charge >= 0.3 is 6.01 Å². The minimum absolute atomic E-state index is 0.0181. The molecule has 2 heterocycles. The summed E-state index contributed by atoms with van der Waals surface area (Å²) in [5.41, 5.74) is 1.69. The van der Waals surface area contributed by atoms with Crippen molar-refractivity contribution < 1.29 is 13.9 Å². The molecule has 6 nitrogen and oxygen atoms in total. The number of ether oxygens (including phenoxy) is 1. The number of furan rings is 1. The minimum Gasteiger partial charge on any atom is -0.469 e. The van der Waals surface area contributed by atoms with Gasteiger partial charge in [-0.2, -0.15) is 0 Å². The lowest BCUT2D eigenvalue weighted by Crippen LogP contribution is -2.15. The number of benzene rings is 1. The summed E-state index contributed by atoms with van der Waals surface area (Å²) in [6.45, 7) is 1.92. The molecule has 0 radical (unpaired) electrons. The van der Waals surface area contributed by atoms with Gasteiger partial charge < -0.3 is 14.5 Å². The number of aromatic nitrogens is 2. The Morgan fingerprint density at radius 3 is 2.80 bits per heavy atom. The molecule has 1 fully saturated rings. The lowest BCUT2D eigenvalue weighted by atomic mass is 10.1. The number of carbonyl (C=O) groups is 1. The number of hydrogen-bond acceptors (Lipinski definition) is 5. The number of nitrogens with one attached hydrogen (secondary N) is 1. The highest BCUT2D eigenvalue weighted by Gasteiger charge is 2.45. The summed E-state index contributed by atoms with van der Waals surface area (Å²) >= 11 is 0. The van der Waals surface area contributed by atoms with Crippen LogP contribution in [0, 0.1) is 12.8 Å². The second kappa shape index (κ2) is 6.39. The van der Waals surface area contributed by atoms with Crippen LogP contribution in [0.25, 0.3) is 0 Å². The number of carbonyl (C=O) groups excluding carboxylic acids is 1. The van der Waals surface area contributed by atoms with Gasteiger partial charge in [0.25, 0.3) is 0 Å². The van der Waals surface area contributed by atoms with E-state index in [4.69, 9.17) is 9.15 Å². The van der Waals surface area contributed by atoms with Gasteiger partial charge in [-0.3, -0.25) is 4.79 Å². The molecule has 0 unspecified atom stereocenters. The third-order valence-electron chi connectivity index (χ3n) is 4.24. The molecule has 126 valence electrons. The highest BCUT2D eigenvalue weighted by molar-refractivity contribution is 5.95. The van der Waals surface area contributed by atoms with Gasteiger partial charge in [-0.15, -0.1) is 0 Å². The van der Waals surface area contributed by atoms with E-state index in [0.29, 0.717) is 5.75 Å². The van der Waals surface area contributed by atoms with E-state index >= 15 is 0 Å². The molecule has 0 spiro atoms. The van der Waals surface area contributed by atoms with Crippen LogP contribution < -0.4 is 10.1 Å². The van der Waals surface area contributed by atoms with E-state index in [1.165, 1.54) is 0 Å². The zero-order valence-electron chi connectivity index (χ0n) is 13.7. The van der Waals surface area contributed by atoms with E-state index < -0.39 is 0 Å². The van der Waals surface area contributed by atoms with E-state index in [9.17, 15) is 4.79 Å². The fraction of sp³-hybridized carbons (Fsp3) is 0.211. The maximum absolute atomic E-state index is 12.4. The van der Waals surface area contributed by atoms with Gasteiger partial charge in [0.15, 0.2) is 0 Å². The number of nitrogens with zero attached hydrogens (tertiary/aromatic N) is 2. The first-order valence-corrected chi connectivity index (χ1v) is 8.10. The van der Waals surface area contributed by atoms with Gasteiger partial charge in [0, 0.05) is 29.9 Å². The van der Waals surface area contributed by atoms with Crippen LogP contribution in [-0.2, 0) is 4.79 Å². The molecule has 2 aromatic heterocycles. The van der Waals surface area contributed by atoms with Crippen LogP contribution in [-0.4, -0.2) is 15.9 Å². The van der Waals surface area contributed by atoms with Crippen LogP contribution in [0.4, 0.5) is 5.69 Å². The Labute approximate surface area is 144 Å². The highest BCUT2D eigenvalue weighted by Crippen LogP contribution is 2.48. The SMILES string of the molecule is Cc1cc(Oc2ncccn2)ccc1NC(=O)[C@@H]1C[C@H]1c1ccco1. The summed E-state index contributed by atoms with van der Waals surface area (Å²) in [4.78, 5) is 20.5.